The molecule has 20 heteroatoms. The number of carboxylic acids is 2. The van der Waals surface area contributed by atoms with Gasteiger partial charge in [-0.05, 0) is 136 Å². The maximum atomic E-state index is 12.7. The summed E-state index contributed by atoms with van der Waals surface area (Å²) in [5.74, 6) is -3.44. The molecule has 2 aromatic carbocycles. The van der Waals surface area contributed by atoms with E-state index in [4.69, 9.17) is 9.47 Å². The van der Waals surface area contributed by atoms with Crippen LogP contribution in [0.3, 0.4) is 0 Å². The number of carbonyl (C=O) groups is 6. The lowest BCUT2D eigenvalue weighted by Crippen LogP contribution is -2.25. The summed E-state index contributed by atoms with van der Waals surface area (Å²) < 4.78 is 14.0. The van der Waals surface area contributed by atoms with Crippen molar-refractivity contribution in [2.45, 2.75) is 52.6 Å². The van der Waals surface area contributed by atoms with E-state index in [1.54, 1.807) is 13.8 Å². The summed E-state index contributed by atoms with van der Waals surface area (Å²) >= 11 is 11.7. The first-order valence-electron chi connectivity index (χ1n) is 14.7. The van der Waals surface area contributed by atoms with Gasteiger partial charge in [0.05, 0.1) is 68.9 Å². The maximum absolute atomic E-state index is 12.7. The number of halogens is 6. The smallest absolute Gasteiger partial charge is 0.337 e. The number of carboxylic acid groups (broad SMARTS) is 2. The number of hydrogen-bond donors (Lipinski definition) is 6. The number of ether oxygens (including phenoxy) is 2. The molecule has 6 N–H and O–H groups in total. The van der Waals surface area contributed by atoms with Gasteiger partial charge >= 0.3 is 11.9 Å². The van der Waals surface area contributed by atoms with Crippen molar-refractivity contribution in [3.8, 4) is 0 Å². The van der Waals surface area contributed by atoms with Gasteiger partial charge in [0, 0.05) is 51.3 Å². The molecule has 0 aliphatic rings. The molecule has 0 radical (unpaired) electrons. The van der Waals surface area contributed by atoms with Gasteiger partial charge in [0.1, 0.15) is 0 Å². The molecule has 0 heterocycles. The first-order chi connectivity index (χ1) is 23.6. The van der Waals surface area contributed by atoms with Gasteiger partial charge < -0.3 is 41.0 Å². The highest BCUT2D eigenvalue weighted by atomic mass is 127. The topological polar surface area (TPSA) is 209 Å². The highest BCUT2D eigenvalue weighted by molar-refractivity contribution is 14.1. The first kappa shape index (κ1) is 45.7. The Bertz CT molecular complexity index is 1540. The molecule has 0 spiro atoms. The SMILES string of the molecule is CCC(=O)NCc1c(I)c(NC(=O)CCOCCOCCC(=O)Nc2c(I)c(CNC(=O)CC)c(I)c(C(=O)O)c2I)c(I)c(C(=O)O)c1I. The molecule has 0 aliphatic heterocycles. The number of benzene rings is 2. The molecule has 0 aliphatic carbocycles. The zero-order chi connectivity index (χ0) is 37.7. The molecule has 274 valence electrons. The van der Waals surface area contributed by atoms with Crippen molar-refractivity contribution < 1.29 is 48.5 Å². The van der Waals surface area contributed by atoms with E-state index in [-0.39, 0.29) is 100.0 Å². The Morgan fingerprint density at radius 1 is 0.520 bits per heavy atom. The summed E-state index contributed by atoms with van der Waals surface area (Å²) in [4.78, 5) is 73.2. The van der Waals surface area contributed by atoms with Gasteiger partial charge in [-0.3, -0.25) is 19.2 Å². The van der Waals surface area contributed by atoms with Gasteiger partial charge in [0.15, 0.2) is 0 Å². The van der Waals surface area contributed by atoms with Crippen molar-refractivity contribution in [3.05, 3.63) is 43.7 Å². The first-order valence-corrected chi connectivity index (χ1v) is 21.2. The minimum atomic E-state index is -1.15. The second kappa shape index (κ2) is 22.7. The van der Waals surface area contributed by atoms with E-state index in [2.05, 4.69) is 21.3 Å². The number of anilines is 2. The van der Waals surface area contributed by atoms with Gasteiger partial charge in [0.2, 0.25) is 23.6 Å². The van der Waals surface area contributed by atoms with E-state index in [1.807, 2.05) is 136 Å². The van der Waals surface area contributed by atoms with Gasteiger partial charge in [0.25, 0.3) is 0 Å². The van der Waals surface area contributed by atoms with Crippen LogP contribution in [0.25, 0.3) is 0 Å². The van der Waals surface area contributed by atoms with Crippen LogP contribution in [-0.2, 0) is 41.7 Å². The molecule has 0 aromatic heterocycles. The predicted octanol–water partition coefficient (Wildman–Crippen LogP) is 6.15. The number of hydrogen-bond acceptors (Lipinski definition) is 8. The van der Waals surface area contributed by atoms with Crippen LogP contribution >= 0.6 is 136 Å². The zero-order valence-electron chi connectivity index (χ0n) is 26.5. The number of aromatic carboxylic acids is 2. The molecule has 0 bridgehead atoms. The quantitative estimate of drug-likeness (QED) is 0.0698. The number of carbonyl (C=O) groups excluding carboxylic acids is 4. The van der Waals surface area contributed by atoms with Crippen molar-refractivity contribution in [3.63, 3.8) is 0 Å². The van der Waals surface area contributed by atoms with Crippen molar-refractivity contribution in [2.24, 2.45) is 0 Å². The van der Waals surface area contributed by atoms with Crippen LogP contribution in [0, 0.1) is 21.4 Å². The summed E-state index contributed by atoms with van der Waals surface area (Å²) in [5, 5.41) is 30.7. The van der Waals surface area contributed by atoms with E-state index >= 15 is 0 Å². The van der Waals surface area contributed by atoms with Crippen LogP contribution in [0.5, 0.6) is 0 Å². The molecule has 0 saturated carbocycles. The average Bonchev–Trinajstić information content (AvgIpc) is 3.05. The Morgan fingerprint density at radius 3 is 1.16 bits per heavy atom. The van der Waals surface area contributed by atoms with Crippen molar-refractivity contribution in [2.75, 3.05) is 37.1 Å². The summed E-state index contributed by atoms with van der Waals surface area (Å²) in [6.45, 7) is 4.09. The standard InChI is InChI=1S/C30H32I6N4O10/c1-3-15(41)37-11-13-21(31)19(29(45)46)25(35)27(23(13)33)39-17(43)5-7-49-9-10-50-8-6-18(44)40-28-24(34)14(12-38-16(42)4-2)22(32)20(26(28)36)30(47)48/h3-12H2,1-2H3,(H,37,41)(H,38,42)(H,39,43)(H,40,44)(H,45,46)(H,47,48). The normalized spacial score (nSPS) is 10.8. The second-order valence-corrected chi connectivity index (χ2v) is 16.5. The monoisotopic (exact) mass is 1370 g/mol. The Labute approximate surface area is 370 Å². The molecule has 4 amide bonds. The molecule has 50 heavy (non-hydrogen) atoms. The minimum Gasteiger partial charge on any atom is -0.478 e. The lowest BCUT2D eigenvalue weighted by atomic mass is 10.1. The fourth-order valence-corrected chi connectivity index (χ4v) is 12.6. The molecular formula is C30H32I6N4O10. The van der Waals surface area contributed by atoms with Crippen LogP contribution in [0.4, 0.5) is 11.4 Å². The Kier molecular flexibility index (Phi) is 20.8. The summed E-state index contributed by atoms with van der Waals surface area (Å²) in [6.07, 6.45) is 0.530. The van der Waals surface area contributed by atoms with E-state index in [9.17, 15) is 39.0 Å². The molecule has 0 fully saturated rings. The largest absolute Gasteiger partial charge is 0.478 e. The molecule has 2 rings (SSSR count). The van der Waals surface area contributed by atoms with Gasteiger partial charge in [-0.2, -0.15) is 0 Å². The molecule has 0 atom stereocenters. The fraction of sp³-hybridized carbons (Fsp3) is 0.400. The lowest BCUT2D eigenvalue weighted by Gasteiger charge is -2.19. The third-order valence-electron chi connectivity index (χ3n) is 6.66. The van der Waals surface area contributed by atoms with Gasteiger partial charge in [-0.15, -0.1) is 0 Å². The average molecular weight is 1370 g/mol. The zero-order valence-corrected chi connectivity index (χ0v) is 39.4. The van der Waals surface area contributed by atoms with Crippen LogP contribution in [0.1, 0.15) is 71.4 Å². The van der Waals surface area contributed by atoms with Crippen molar-refractivity contribution >= 4 is 182 Å². The van der Waals surface area contributed by atoms with E-state index in [1.165, 1.54) is 0 Å². The van der Waals surface area contributed by atoms with Crippen LogP contribution < -0.4 is 21.3 Å². The number of rotatable bonds is 19. The highest BCUT2D eigenvalue weighted by Gasteiger charge is 2.27. The van der Waals surface area contributed by atoms with Gasteiger partial charge in [-0.25, -0.2) is 9.59 Å². The molecule has 14 nitrogen and oxygen atoms in total. The predicted molar refractivity (Wildman–Crippen MR) is 236 cm³/mol. The Morgan fingerprint density at radius 2 is 0.860 bits per heavy atom. The van der Waals surface area contributed by atoms with Crippen molar-refractivity contribution in [1.29, 1.82) is 0 Å². The van der Waals surface area contributed by atoms with Crippen LogP contribution in [0.15, 0.2) is 0 Å². The second-order valence-electron chi connectivity index (χ2n) is 10.0. The highest BCUT2D eigenvalue weighted by Crippen LogP contribution is 2.37. The van der Waals surface area contributed by atoms with E-state index in [0.29, 0.717) is 43.9 Å². The summed E-state index contributed by atoms with van der Waals surface area (Å²) in [5.41, 5.74) is 1.98. The minimum absolute atomic E-state index is 0.0133. The Balaban J connectivity index is 1.89. The molecule has 0 unspecified atom stereocenters. The third kappa shape index (κ3) is 13.1. The molecular weight excluding hydrogens is 1340 g/mol. The third-order valence-corrected chi connectivity index (χ3v) is 13.6. The van der Waals surface area contributed by atoms with E-state index < -0.39 is 11.9 Å². The van der Waals surface area contributed by atoms with Crippen molar-refractivity contribution in [1.82, 2.24) is 10.6 Å². The summed E-state index contributed by atoms with van der Waals surface area (Å²) in [6, 6.07) is 0. The maximum Gasteiger partial charge on any atom is 0.337 e. The van der Waals surface area contributed by atoms with Crippen LogP contribution in [-0.4, -0.2) is 72.2 Å². The number of amides is 4. The molecule has 2 aromatic rings. The van der Waals surface area contributed by atoms with Gasteiger partial charge in [-0.1, -0.05) is 13.8 Å². The fourth-order valence-electron chi connectivity index (χ4n) is 4.02. The lowest BCUT2D eigenvalue weighted by molar-refractivity contribution is -0.121. The van der Waals surface area contributed by atoms with Crippen LogP contribution in [0.2, 0.25) is 0 Å². The van der Waals surface area contributed by atoms with E-state index in [0.717, 1.165) is 0 Å². The number of nitrogens with one attached hydrogen (secondary N) is 4. The Hall–Kier alpha value is -0.440. The molecule has 0 saturated heterocycles. The summed E-state index contributed by atoms with van der Waals surface area (Å²) in [7, 11) is 0.